The van der Waals surface area contributed by atoms with Crippen LogP contribution in [0.15, 0.2) is 60.7 Å². The van der Waals surface area contributed by atoms with Crippen LogP contribution >= 0.6 is 23.2 Å². The molecule has 1 aromatic heterocycles. The molecular weight excluding hydrogens is 435 g/mol. The first-order chi connectivity index (χ1) is 14.8. The van der Waals surface area contributed by atoms with Gasteiger partial charge in [-0.25, -0.2) is 4.98 Å². The number of H-pyrrole nitrogens is 1. The number of carbonyl (C=O) groups excluding carboxylic acids is 2. The van der Waals surface area contributed by atoms with Gasteiger partial charge in [0, 0.05) is 30.9 Å². The van der Waals surface area contributed by atoms with Crippen molar-refractivity contribution in [1.82, 2.24) is 14.9 Å². The quantitative estimate of drug-likeness (QED) is 0.429. The zero-order valence-electron chi connectivity index (χ0n) is 16.7. The monoisotopic (exact) mass is 452 g/mol. The van der Waals surface area contributed by atoms with Crippen LogP contribution in [-0.4, -0.2) is 40.8 Å². The number of halogens is 2. The van der Waals surface area contributed by atoms with E-state index in [2.05, 4.69) is 15.3 Å². The Kier molecular flexibility index (Phi) is 5.67. The van der Waals surface area contributed by atoms with E-state index in [4.69, 9.17) is 23.2 Å². The molecule has 0 fully saturated rings. The van der Waals surface area contributed by atoms with E-state index in [9.17, 15) is 9.59 Å². The van der Waals surface area contributed by atoms with Gasteiger partial charge in [-0.05, 0) is 54.6 Å². The molecule has 31 heavy (non-hydrogen) atoms. The van der Waals surface area contributed by atoms with Gasteiger partial charge >= 0.3 is 0 Å². The van der Waals surface area contributed by atoms with Crippen molar-refractivity contribution in [2.75, 3.05) is 19.4 Å². The minimum absolute atomic E-state index is 0.1000. The lowest BCUT2D eigenvalue weighted by Crippen LogP contribution is -2.21. The Morgan fingerprint density at radius 2 is 1.58 bits per heavy atom. The lowest BCUT2D eigenvalue weighted by molar-refractivity contribution is 0.0827. The molecule has 0 unspecified atom stereocenters. The first-order valence-corrected chi connectivity index (χ1v) is 10.2. The standard InChI is InChI=1S/C23H18Cl2N4O2/c1-29(2)23(31)13-6-9-15(10-7-13)26-22(30)14-8-11-18-19(12-14)28-21(27-18)20-16(24)4-3-5-17(20)25/h3-12H,1-2H3,(H,26,30)(H,27,28). The van der Waals surface area contributed by atoms with Gasteiger partial charge < -0.3 is 15.2 Å². The lowest BCUT2D eigenvalue weighted by atomic mass is 10.1. The summed E-state index contributed by atoms with van der Waals surface area (Å²) in [4.78, 5) is 33.9. The fourth-order valence-electron chi connectivity index (χ4n) is 3.15. The topological polar surface area (TPSA) is 78.1 Å². The van der Waals surface area contributed by atoms with Gasteiger partial charge in [0.15, 0.2) is 0 Å². The van der Waals surface area contributed by atoms with E-state index < -0.39 is 0 Å². The molecule has 4 aromatic rings. The molecule has 0 aliphatic heterocycles. The van der Waals surface area contributed by atoms with Crippen LogP contribution in [0.1, 0.15) is 20.7 Å². The molecule has 0 spiro atoms. The number of carbonyl (C=O) groups is 2. The average molecular weight is 453 g/mol. The largest absolute Gasteiger partial charge is 0.345 e. The zero-order chi connectivity index (χ0) is 22.1. The highest BCUT2D eigenvalue weighted by atomic mass is 35.5. The van der Waals surface area contributed by atoms with E-state index in [1.54, 1.807) is 74.8 Å². The van der Waals surface area contributed by atoms with E-state index in [0.29, 0.717) is 49.3 Å². The Hall–Kier alpha value is -3.35. The van der Waals surface area contributed by atoms with Gasteiger partial charge in [-0.1, -0.05) is 29.3 Å². The normalized spacial score (nSPS) is 10.8. The Bertz CT molecular complexity index is 1280. The van der Waals surface area contributed by atoms with E-state index in [-0.39, 0.29) is 11.8 Å². The van der Waals surface area contributed by atoms with Crippen LogP contribution in [0, 0.1) is 0 Å². The summed E-state index contributed by atoms with van der Waals surface area (Å²) < 4.78 is 0. The molecule has 0 aliphatic rings. The number of amides is 2. The second kappa shape index (κ2) is 8.41. The fraction of sp³-hybridized carbons (Fsp3) is 0.0870. The molecular formula is C23H18Cl2N4O2. The number of rotatable bonds is 4. The Balaban J connectivity index is 1.57. The van der Waals surface area contributed by atoms with Crippen LogP contribution in [-0.2, 0) is 0 Å². The number of imidazole rings is 1. The zero-order valence-corrected chi connectivity index (χ0v) is 18.3. The number of nitrogens with one attached hydrogen (secondary N) is 2. The van der Waals surface area contributed by atoms with Gasteiger partial charge in [0.2, 0.25) is 0 Å². The van der Waals surface area contributed by atoms with Gasteiger partial charge in [0.1, 0.15) is 5.82 Å². The number of hydrogen-bond acceptors (Lipinski definition) is 3. The Morgan fingerprint density at radius 3 is 2.23 bits per heavy atom. The van der Waals surface area contributed by atoms with E-state index in [1.165, 1.54) is 4.90 Å². The number of hydrogen-bond donors (Lipinski definition) is 2. The highest BCUT2D eigenvalue weighted by Gasteiger charge is 2.15. The molecule has 0 bridgehead atoms. The first-order valence-electron chi connectivity index (χ1n) is 9.40. The first kappa shape index (κ1) is 20.9. The molecule has 0 aliphatic carbocycles. The van der Waals surface area contributed by atoms with Crippen molar-refractivity contribution >= 4 is 51.7 Å². The smallest absolute Gasteiger partial charge is 0.255 e. The second-order valence-electron chi connectivity index (χ2n) is 7.15. The van der Waals surface area contributed by atoms with Gasteiger partial charge in [-0.15, -0.1) is 0 Å². The predicted octanol–water partition coefficient (Wildman–Crippen LogP) is 5.49. The third kappa shape index (κ3) is 4.26. The number of anilines is 1. The number of nitrogens with zero attached hydrogens (tertiary/aromatic N) is 2. The van der Waals surface area contributed by atoms with Crippen molar-refractivity contribution in [2.45, 2.75) is 0 Å². The molecule has 6 nitrogen and oxygen atoms in total. The fourth-order valence-corrected chi connectivity index (χ4v) is 3.73. The molecule has 0 radical (unpaired) electrons. The van der Waals surface area contributed by atoms with Crippen molar-refractivity contribution < 1.29 is 9.59 Å². The molecule has 156 valence electrons. The maximum absolute atomic E-state index is 12.7. The summed E-state index contributed by atoms with van der Waals surface area (Å²) in [7, 11) is 3.38. The Labute approximate surface area is 188 Å². The summed E-state index contributed by atoms with van der Waals surface area (Å²) in [6.07, 6.45) is 0. The van der Waals surface area contributed by atoms with Gasteiger partial charge in [-0.2, -0.15) is 0 Å². The third-order valence-electron chi connectivity index (χ3n) is 4.74. The number of benzene rings is 3. The van der Waals surface area contributed by atoms with E-state index in [0.717, 1.165) is 0 Å². The summed E-state index contributed by atoms with van der Waals surface area (Å²) in [5, 5.41) is 3.81. The van der Waals surface area contributed by atoms with Crippen molar-refractivity contribution in [3.8, 4) is 11.4 Å². The summed E-state index contributed by atoms with van der Waals surface area (Å²) >= 11 is 12.6. The van der Waals surface area contributed by atoms with Crippen molar-refractivity contribution in [3.63, 3.8) is 0 Å². The van der Waals surface area contributed by atoms with Crippen LogP contribution < -0.4 is 5.32 Å². The number of aromatic amines is 1. The molecule has 2 amide bonds. The van der Waals surface area contributed by atoms with Crippen molar-refractivity contribution in [3.05, 3.63) is 81.8 Å². The highest BCUT2D eigenvalue weighted by molar-refractivity contribution is 6.39. The average Bonchev–Trinajstić information content (AvgIpc) is 3.16. The van der Waals surface area contributed by atoms with E-state index in [1.807, 2.05) is 0 Å². The van der Waals surface area contributed by atoms with Gasteiger partial charge in [0.25, 0.3) is 11.8 Å². The Morgan fingerprint density at radius 1 is 0.935 bits per heavy atom. The minimum atomic E-state index is -0.277. The predicted molar refractivity (Wildman–Crippen MR) is 124 cm³/mol. The number of aromatic nitrogens is 2. The molecule has 0 atom stereocenters. The molecule has 1 heterocycles. The molecule has 4 rings (SSSR count). The van der Waals surface area contributed by atoms with Gasteiger partial charge in [-0.3, -0.25) is 9.59 Å². The van der Waals surface area contributed by atoms with Crippen LogP contribution in [0.4, 0.5) is 5.69 Å². The van der Waals surface area contributed by atoms with Crippen molar-refractivity contribution in [1.29, 1.82) is 0 Å². The van der Waals surface area contributed by atoms with Crippen LogP contribution in [0.5, 0.6) is 0 Å². The van der Waals surface area contributed by atoms with Crippen LogP contribution in [0.25, 0.3) is 22.4 Å². The highest BCUT2D eigenvalue weighted by Crippen LogP contribution is 2.34. The SMILES string of the molecule is CN(C)C(=O)c1ccc(NC(=O)c2ccc3nc(-c4c(Cl)cccc4Cl)[nH]c3c2)cc1. The summed E-state index contributed by atoms with van der Waals surface area (Å²) in [6.45, 7) is 0. The maximum atomic E-state index is 12.7. The van der Waals surface area contributed by atoms with E-state index >= 15 is 0 Å². The molecule has 2 N–H and O–H groups in total. The number of fused-ring (bicyclic) bond motifs is 1. The maximum Gasteiger partial charge on any atom is 0.255 e. The summed E-state index contributed by atoms with van der Waals surface area (Å²) in [6, 6.07) is 17.2. The summed E-state index contributed by atoms with van der Waals surface area (Å²) in [5.74, 6) is 0.154. The van der Waals surface area contributed by atoms with Crippen molar-refractivity contribution in [2.24, 2.45) is 0 Å². The molecule has 8 heteroatoms. The molecule has 0 saturated heterocycles. The van der Waals surface area contributed by atoms with Crippen LogP contribution in [0.2, 0.25) is 10.0 Å². The summed E-state index contributed by atoms with van der Waals surface area (Å²) in [5.41, 5.74) is 3.59. The minimum Gasteiger partial charge on any atom is -0.345 e. The molecule has 3 aromatic carbocycles. The molecule has 0 saturated carbocycles. The lowest BCUT2D eigenvalue weighted by Gasteiger charge is -2.11. The van der Waals surface area contributed by atoms with Gasteiger partial charge in [0.05, 0.1) is 26.6 Å². The third-order valence-corrected chi connectivity index (χ3v) is 5.37. The van der Waals surface area contributed by atoms with Crippen LogP contribution in [0.3, 0.4) is 0 Å². The second-order valence-corrected chi connectivity index (χ2v) is 7.96.